The summed E-state index contributed by atoms with van der Waals surface area (Å²) in [5.41, 5.74) is 3.95. The normalized spacial score (nSPS) is 10.5. The zero-order chi connectivity index (χ0) is 25.7. The summed E-state index contributed by atoms with van der Waals surface area (Å²) in [5, 5.41) is 12.6. The molecule has 0 aliphatic rings. The van der Waals surface area contributed by atoms with Gasteiger partial charge in [-0.05, 0) is 26.0 Å². The van der Waals surface area contributed by atoms with E-state index in [1.165, 1.54) is 0 Å². The van der Waals surface area contributed by atoms with Gasteiger partial charge in [0.25, 0.3) is 0 Å². The molecule has 2 heterocycles. The molecule has 2 aromatic heterocycles. The lowest BCUT2D eigenvalue weighted by Crippen LogP contribution is -2.20. The molecule has 0 aliphatic heterocycles. The fourth-order valence-corrected chi connectivity index (χ4v) is 3.53. The van der Waals surface area contributed by atoms with E-state index in [2.05, 4.69) is 31.1 Å². The van der Waals surface area contributed by atoms with Gasteiger partial charge in [0, 0.05) is 29.1 Å². The Morgan fingerprint density at radius 3 is 2.17 bits per heavy atom. The summed E-state index contributed by atoms with van der Waals surface area (Å²) >= 11 is 0. The SMILES string of the molecule is COc1cc(Nc2cncc(-c3ccc(NC(=O)Nc4c(C)noc4C)cc3)n2)cc(OC)c1OC. The van der Waals surface area contributed by atoms with Gasteiger partial charge in [0.05, 0.1) is 39.4 Å². The topological polar surface area (TPSA) is 133 Å². The highest BCUT2D eigenvalue weighted by atomic mass is 16.5. The molecular formula is C25H26N6O5. The van der Waals surface area contributed by atoms with Crippen molar-refractivity contribution in [2.24, 2.45) is 0 Å². The molecule has 0 spiro atoms. The first-order valence-corrected chi connectivity index (χ1v) is 10.9. The molecule has 186 valence electrons. The van der Waals surface area contributed by atoms with Gasteiger partial charge in [-0.2, -0.15) is 0 Å². The van der Waals surface area contributed by atoms with E-state index in [0.29, 0.717) is 57.3 Å². The van der Waals surface area contributed by atoms with E-state index < -0.39 is 6.03 Å². The Morgan fingerprint density at radius 2 is 1.58 bits per heavy atom. The summed E-state index contributed by atoms with van der Waals surface area (Å²) in [4.78, 5) is 21.3. The van der Waals surface area contributed by atoms with Gasteiger partial charge in [0.2, 0.25) is 5.75 Å². The molecule has 0 saturated carbocycles. The fourth-order valence-electron chi connectivity index (χ4n) is 3.53. The van der Waals surface area contributed by atoms with Crippen LogP contribution in [0.5, 0.6) is 17.2 Å². The molecule has 0 aliphatic carbocycles. The molecule has 0 unspecified atom stereocenters. The van der Waals surface area contributed by atoms with Crippen LogP contribution in [0, 0.1) is 13.8 Å². The predicted octanol–water partition coefficient (Wildman–Crippen LogP) is 5.16. The minimum Gasteiger partial charge on any atom is -0.493 e. The monoisotopic (exact) mass is 490 g/mol. The Kier molecular flexibility index (Phi) is 7.19. The molecule has 2 amide bonds. The van der Waals surface area contributed by atoms with Crippen molar-refractivity contribution in [2.45, 2.75) is 13.8 Å². The maximum Gasteiger partial charge on any atom is 0.323 e. The number of anilines is 4. The van der Waals surface area contributed by atoms with Crippen LogP contribution in [0.3, 0.4) is 0 Å². The highest BCUT2D eigenvalue weighted by Gasteiger charge is 2.15. The number of nitrogens with zero attached hydrogens (tertiary/aromatic N) is 3. The number of rotatable bonds is 8. The van der Waals surface area contributed by atoms with Crippen molar-refractivity contribution in [3.63, 3.8) is 0 Å². The minimum atomic E-state index is -0.395. The molecular weight excluding hydrogens is 464 g/mol. The van der Waals surface area contributed by atoms with Crippen LogP contribution >= 0.6 is 0 Å². The second-order valence-electron chi connectivity index (χ2n) is 7.68. The third kappa shape index (κ3) is 5.30. The number of hydrogen-bond acceptors (Lipinski definition) is 9. The molecule has 11 heteroatoms. The first-order valence-electron chi connectivity index (χ1n) is 10.9. The molecule has 0 fully saturated rings. The van der Waals surface area contributed by atoms with Crippen LogP contribution in [0.4, 0.5) is 27.7 Å². The minimum absolute atomic E-state index is 0.395. The number of ether oxygens (including phenoxy) is 3. The lowest BCUT2D eigenvalue weighted by molar-refractivity contribution is 0.262. The smallest absolute Gasteiger partial charge is 0.323 e. The van der Waals surface area contributed by atoms with Crippen LogP contribution in [-0.4, -0.2) is 42.5 Å². The number of hydrogen-bond donors (Lipinski definition) is 3. The third-order valence-corrected chi connectivity index (χ3v) is 5.28. The van der Waals surface area contributed by atoms with E-state index in [4.69, 9.17) is 18.7 Å². The largest absolute Gasteiger partial charge is 0.493 e. The average Bonchev–Trinajstić information content (AvgIpc) is 3.20. The van der Waals surface area contributed by atoms with Crippen molar-refractivity contribution in [1.82, 2.24) is 15.1 Å². The molecule has 4 aromatic rings. The van der Waals surface area contributed by atoms with Crippen molar-refractivity contribution in [3.05, 3.63) is 60.2 Å². The van der Waals surface area contributed by atoms with E-state index in [-0.39, 0.29) is 0 Å². The summed E-state index contributed by atoms with van der Waals surface area (Å²) in [7, 11) is 4.66. The van der Waals surface area contributed by atoms with Crippen LogP contribution in [-0.2, 0) is 0 Å². The molecule has 36 heavy (non-hydrogen) atoms. The maximum atomic E-state index is 12.3. The number of methoxy groups -OCH3 is 3. The van der Waals surface area contributed by atoms with Gasteiger partial charge in [-0.25, -0.2) is 9.78 Å². The Hall–Kier alpha value is -4.80. The van der Waals surface area contributed by atoms with Crippen LogP contribution in [0.15, 0.2) is 53.3 Å². The van der Waals surface area contributed by atoms with Crippen molar-refractivity contribution in [3.8, 4) is 28.5 Å². The Balaban J connectivity index is 1.47. The molecule has 0 bridgehead atoms. The van der Waals surface area contributed by atoms with Crippen LogP contribution in [0.1, 0.15) is 11.5 Å². The third-order valence-electron chi connectivity index (χ3n) is 5.28. The van der Waals surface area contributed by atoms with Gasteiger partial charge in [-0.1, -0.05) is 17.3 Å². The molecule has 0 saturated heterocycles. The van der Waals surface area contributed by atoms with Gasteiger partial charge in [0.1, 0.15) is 17.2 Å². The van der Waals surface area contributed by atoms with Crippen molar-refractivity contribution >= 4 is 28.9 Å². The zero-order valence-corrected chi connectivity index (χ0v) is 20.5. The predicted molar refractivity (Wildman–Crippen MR) is 135 cm³/mol. The Morgan fingerprint density at radius 1 is 0.889 bits per heavy atom. The van der Waals surface area contributed by atoms with E-state index in [0.717, 1.165) is 5.56 Å². The first kappa shape index (κ1) is 24.3. The zero-order valence-electron chi connectivity index (χ0n) is 20.5. The standard InChI is InChI=1S/C25H26N6O5/c1-14-23(15(2)36-31-14)30-25(32)28-17-8-6-16(7-9-17)19-12-26-13-22(29-19)27-18-10-20(33-3)24(35-5)21(11-18)34-4/h6-13H,1-5H3,(H,27,29)(H2,28,30,32). The number of urea groups is 1. The molecule has 11 nitrogen and oxygen atoms in total. The number of benzene rings is 2. The summed E-state index contributed by atoms with van der Waals surface area (Å²) < 4.78 is 21.2. The molecule has 4 rings (SSSR count). The highest BCUT2D eigenvalue weighted by molar-refractivity contribution is 6.00. The van der Waals surface area contributed by atoms with Crippen LogP contribution in [0.2, 0.25) is 0 Å². The maximum absolute atomic E-state index is 12.3. The molecule has 0 atom stereocenters. The number of carbonyl (C=O) groups is 1. The molecule has 0 radical (unpaired) electrons. The summed E-state index contributed by atoms with van der Waals surface area (Å²) in [6.45, 7) is 3.49. The van der Waals surface area contributed by atoms with Crippen molar-refractivity contribution in [1.29, 1.82) is 0 Å². The average molecular weight is 491 g/mol. The number of aryl methyl sites for hydroxylation is 2. The lowest BCUT2D eigenvalue weighted by atomic mass is 10.1. The lowest BCUT2D eigenvalue weighted by Gasteiger charge is -2.15. The fraction of sp³-hybridized carbons (Fsp3) is 0.200. The molecule has 3 N–H and O–H groups in total. The first-order chi connectivity index (χ1) is 17.4. The van der Waals surface area contributed by atoms with E-state index in [9.17, 15) is 4.79 Å². The van der Waals surface area contributed by atoms with Crippen LogP contribution < -0.4 is 30.2 Å². The highest BCUT2D eigenvalue weighted by Crippen LogP contribution is 2.40. The van der Waals surface area contributed by atoms with Crippen molar-refractivity contribution in [2.75, 3.05) is 37.3 Å². The number of carbonyl (C=O) groups excluding carboxylic acids is 1. The Bertz CT molecular complexity index is 1330. The summed E-state index contributed by atoms with van der Waals surface area (Å²) in [6.07, 6.45) is 3.27. The van der Waals surface area contributed by atoms with Gasteiger partial charge in [-0.3, -0.25) is 4.98 Å². The van der Waals surface area contributed by atoms with Gasteiger partial charge in [0.15, 0.2) is 17.3 Å². The quantitative estimate of drug-likeness (QED) is 0.306. The second-order valence-corrected chi connectivity index (χ2v) is 7.68. The van der Waals surface area contributed by atoms with Gasteiger partial charge < -0.3 is 34.7 Å². The number of amides is 2. The number of aromatic nitrogens is 3. The van der Waals surface area contributed by atoms with Crippen LogP contribution in [0.25, 0.3) is 11.3 Å². The summed E-state index contributed by atoms with van der Waals surface area (Å²) in [5.74, 6) is 2.61. The van der Waals surface area contributed by atoms with E-state index in [1.807, 2.05) is 12.1 Å². The Labute approximate surface area is 207 Å². The van der Waals surface area contributed by atoms with E-state index >= 15 is 0 Å². The second kappa shape index (κ2) is 10.6. The molecule has 2 aromatic carbocycles. The van der Waals surface area contributed by atoms with E-state index in [1.54, 1.807) is 71.8 Å². The van der Waals surface area contributed by atoms with Crippen molar-refractivity contribution < 1.29 is 23.5 Å². The van der Waals surface area contributed by atoms with Gasteiger partial charge in [-0.15, -0.1) is 0 Å². The number of nitrogens with one attached hydrogen (secondary N) is 3. The van der Waals surface area contributed by atoms with Gasteiger partial charge >= 0.3 is 6.03 Å². The summed E-state index contributed by atoms with van der Waals surface area (Å²) in [6, 6.07) is 10.4.